The summed E-state index contributed by atoms with van der Waals surface area (Å²) in [5.41, 5.74) is 8.26. The number of nitrogen functional groups attached to an aromatic ring is 1. The average molecular weight is 320 g/mol. The molecule has 2 rings (SSSR count). The van der Waals surface area contributed by atoms with Crippen molar-refractivity contribution in [1.29, 1.82) is 5.26 Å². The third kappa shape index (κ3) is 2.32. The minimum atomic E-state index is -0.396. The molecule has 0 saturated carbocycles. The summed E-state index contributed by atoms with van der Waals surface area (Å²) in [5, 5.41) is 9.23. The Morgan fingerprint density at radius 3 is 2.68 bits per heavy atom. The molecule has 0 saturated heterocycles. The van der Waals surface area contributed by atoms with Crippen molar-refractivity contribution >= 4 is 21.7 Å². The summed E-state index contributed by atoms with van der Waals surface area (Å²) in [6, 6.07) is 6.61. The van der Waals surface area contributed by atoms with Gasteiger partial charge in [-0.05, 0) is 37.6 Å². The molecule has 0 spiro atoms. The van der Waals surface area contributed by atoms with E-state index >= 15 is 0 Å². The molecule has 1 heterocycles. The number of nitriles is 1. The van der Waals surface area contributed by atoms with Crippen LogP contribution in [0.25, 0.3) is 11.1 Å². The zero-order valence-electron chi connectivity index (χ0n) is 10.5. The first kappa shape index (κ1) is 13.5. The fourth-order valence-corrected chi connectivity index (χ4v) is 2.32. The summed E-state index contributed by atoms with van der Waals surface area (Å²) in [6.07, 6.45) is 0. The minimum Gasteiger partial charge on any atom is -0.383 e. The van der Waals surface area contributed by atoms with Crippen LogP contribution in [0.2, 0.25) is 0 Å². The van der Waals surface area contributed by atoms with E-state index in [1.807, 2.05) is 6.07 Å². The van der Waals surface area contributed by atoms with Crippen LogP contribution in [-0.4, -0.2) is 4.98 Å². The lowest BCUT2D eigenvalue weighted by Gasteiger charge is -2.13. The highest BCUT2D eigenvalue weighted by Crippen LogP contribution is 2.34. The van der Waals surface area contributed by atoms with Gasteiger partial charge in [-0.1, -0.05) is 15.9 Å². The van der Waals surface area contributed by atoms with Crippen molar-refractivity contribution in [3.63, 3.8) is 0 Å². The minimum absolute atomic E-state index is 0.125. The second kappa shape index (κ2) is 4.98. The molecule has 5 heteroatoms. The summed E-state index contributed by atoms with van der Waals surface area (Å²) in [7, 11) is 0. The molecule has 0 aliphatic heterocycles. The molecule has 0 fully saturated rings. The summed E-state index contributed by atoms with van der Waals surface area (Å²) < 4.78 is 14.8. The van der Waals surface area contributed by atoms with Crippen molar-refractivity contribution in [3.8, 4) is 17.2 Å². The molecule has 0 amide bonds. The van der Waals surface area contributed by atoms with Crippen LogP contribution in [-0.2, 0) is 0 Å². The van der Waals surface area contributed by atoms with E-state index in [2.05, 4.69) is 20.9 Å². The first-order chi connectivity index (χ1) is 8.95. The molecule has 1 aromatic carbocycles. The van der Waals surface area contributed by atoms with Gasteiger partial charge in [0.1, 0.15) is 23.3 Å². The van der Waals surface area contributed by atoms with Crippen LogP contribution in [0, 0.1) is 31.0 Å². The lowest BCUT2D eigenvalue weighted by atomic mass is 9.95. The zero-order chi connectivity index (χ0) is 14.2. The Hall–Kier alpha value is -1.93. The second-order valence-corrected chi connectivity index (χ2v) is 5.11. The molecular weight excluding hydrogens is 309 g/mol. The highest BCUT2D eigenvalue weighted by Gasteiger charge is 2.18. The van der Waals surface area contributed by atoms with E-state index in [0.717, 1.165) is 10.0 Å². The molecule has 2 N–H and O–H groups in total. The molecule has 0 radical (unpaired) electrons. The second-order valence-electron chi connectivity index (χ2n) is 4.19. The first-order valence-corrected chi connectivity index (χ1v) is 6.37. The third-order valence-electron chi connectivity index (χ3n) is 3.02. The molecule has 0 bridgehead atoms. The number of benzene rings is 1. The van der Waals surface area contributed by atoms with Gasteiger partial charge in [-0.25, -0.2) is 9.37 Å². The number of halogens is 2. The Morgan fingerprint density at radius 1 is 1.37 bits per heavy atom. The predicted octanol–water partition coefficient (Wildman–Crippen LogP) is 3.72. The van der Waals surface area contributed by atoms with E-state index in [1.54, 1.807) is 26.0 Å². The van der Waals surface area contributed by atoms with Gasteiger partial charge in [0.05, 0.1) is 0 Å². The fraction of sp³-hybridized carbons (Fsp3) is 0.143. The van der Waals surface area contributed by atoms with Crippen LogP contribution in [0.1, 0.15) is 16.8 Å². The Kier molecular flexibility index (Phi) is 3.54. The predicted molar refractivity (Wildman–Crippen MR) is 75.9 cm³/mol. The SMILES string of the molecule is Cc1nc(N)c(C#N)c(-c2cc(Br)ccc2F)c1C. The Labute approximate surface area is 119 Å². The molecule has 3 nitrogen and oxygen atoms in total. The molecular formula is C14H11BrFN3. The average Bonchev–Trinajstić information content (AvgIpc) is 2.36. The van der Waals surface area contributed by atoms with E-state index in [0.29, 0.717) is 16.8 Å². The van der Waals surface area contributed by atoms with Crippen molar-refractivity contribution in [2.24, 2.45) is 0 Å². The van der Waals surface area contributed by atoms with E-state index < -0.39 is 5.82 Å². The number of rotatable bonds is 1. The van der Waals surface area contributed by atoms with Gasteiger partial charge < -0.3 is 5.73 Å². The largest absolute Gasteiger partial charge is 0.383 e. The number of hydrogen-bond acceptors (Lipinski definition) is 3. The molecule has 0 atom stereocenters. The van der Waals surface area contributed by atoms with Gasteiger partial charge >= 0.3 is 0 Å². The summed E-state index contributed by atoms with van der Waals surface area (Å²) in [5.74, 6) is -0.271. The number of nitrogens with zero attached hydrogens (tertiary/aromatic N) is 2. The van der Waals surface area contributed by atoms with Gasteiger partial charge in [-0.15, -0.1) is 0 Å². The van der Waals surface area contributed by atoms with Crippen LogP contribution in [0.15, 0.2) is 22.7 Å². The van der Waals surface area contributed by atoms with E-state index in [9.17, 15) is 9.65 Å². The monoisotopic (exact) mass is 319 g/mol. The normalized spacial score (nSPS) is 10.3. The van der Waals surface area contributed by atoms with E-state index in [-0.39, 0.29) is 11.4 Å². The van der Waals surface area contributed by atoms with Gasteiger partial charge in [0.25, 0.3) is 0 Å². The quantitative estimate of drug-likeness (QED) is 0.871. The van der Waals surface area contributed by atoms with Crippen LogP contribution in [0.3, 0.4) is 0 Å². The number of pyridine rings is 1. The van der Waals surface area contributed by atoms with Crippen molar-refractivity contribution in [1.82, 2.24) is 4.98 Å². The molecule has 1 aromatic heterocycles. The topological polar surface area (TPSA) is 62.7 Å². The molecule has 0 aliphatic carbocycles. The van der Waals surface area contributed by atoms with Gasteiger partial charge in [0, 0.05) is 21.3 Å². The third-order valence-corrected chi connectivity index (χ3v) is 3.51. The van der Waals surface area contributed by atoms with Crippen LogP contribution >= 0.6 is 15.9 Å². The number of aromatic nitrogens is 1. The summed E-state index contributed by atoms with van der Waals surface area (Å²) in [6.45, 7) is 3.59. The van der Waals surface area contributed by atoms with Crippen molar-refractivity contribution in [2.75, 3.05) is 5.73 Å². The Morgan fingerprint density at radius 2 is 2.05 bits per heavy atom. The smallest absolute Gasteiger partial charge is 0.142 e. The molecule has 0 unspecified atom stereocenters. The van der Waals surface area contributed by atoms with E-state index in [1.165, 1.54) is 6.07 Å². The van der Waals surface area contributed by atoms with E-state index in [4.69, 9.17) is 5.73 Å². The molecule has 19 heavy (non-hydrogen) atoms. The van der Waals surface area contributed by atoms with Crippen molar-refractivity contribution < 1.29 is 4.39 Å². The Bertz CT molecular complexity index is 705. The lowest BCUT2D eigenvalue weighted by Crippen LogP contribution is -2.03. The number of aryl methyl sites for hydroxylation is 1. The van der Waals surface area contributed by atoms with Crippen LogP contribution in [0.5, 0.6) is 0 Å². The van der Waals surface area contributed by atoms with Gasteiger partial charge in [-0.2, -0.15) is 5.26 Å². The highest BCUT2D eigenvalue weighted by atomic mass is 79.9. The molecule has 96 valence electrons. The Balaban J connectivity index is 2.89. The van der Waals surface area contributed by atoms with Crippen LogP contribution < -0.4 is 5.73 Å². The lowest BCUT2D eigenvalue weighted by molar-refractivity contribution is 0.631. The van der Waals surface area contributed by atoms with Gasteiger partial charge in [-0.3, -0.25) is 0 Å². The first-order valence-electron chi connectivity index (χ1n) is 5.58. The maximum atomic E-state index is 14.0. The maximum Gasteiger partial charge on any atom is 0.142 e. The van der Waals surface area contributed by atoms with Crippen LogP contribution in [0.4, 0.5) is 10.2 Å². The fourth-order valence-electron chi connectivity index (χ4n) is 1.96. The number of nitrogens with two attached hydrogens (primary N) is 1. The maximum absolute atomic E-state index is 14.0. The number of anilines is 1. The van der Waals surface area contributed by atoms with Gasteiger partial charge in [0.2, 0.25) is 0 Å². The number of hydrogen-bond donors (Lipinski definition) is 1. The van der Waals surface area contributed by atoms with Crippen molar-refractivity contribution in [2.45, 2.75) is 13.8 Å². The molecule has 0 aliphatic rings. The summed E-state index contributed by atoms with van der Waals surface area (Å²) >= 11 is 3.31. The summed E-state index contributed by atoms with van der Waals surface area (Å²) in [4.78, 5) is 4.10. The zero-order valence-corrected chi connectivity index (χ0v) is 12.0. The van der Waals surface area contributed by atoms with Gasteiger partial charge in [0.15, 0.2) is 0 Å². The standard InChI is InChI=1S/C14H11BrFN3/c1-7-8(2)19-14(18)11(6-17)13(7)10-5-9(15)3-4-12(10)16/h3-5H,1-2H3,(H2,18,19). The van der Waals surface area contributed by atoms with Crippen molar-refractivity contribution in [3.05, 3.63) is 45.3 Å². The highest BCUT2D eigenvalue weighted by molar-refractivity contribution is 9.10. The molecule has 2 aromatic rings.